The van der Waals surface area contributed by atoms with Crippen molar-refractivity contribution < 1.29 is 23.6 Å². The second-order valence-corrected chi connectivity index (χ2v) is 6.72. The fourth-order valence-corrected chi connectivity index (χ4v) is 3.06. The smallest absolute Gasteiger partial charge is 0.270 e. The zero-order valence-electron chi connectivity index (χ0n) is 16.9. The molecule has 0 unspecified atom stereocenters. The van der Waals surface area contributed by atoms with Crippen LogP contribution in [0.5, 0.6) is 11.5 Å². The zero-order chi connectivity index (χ0) is 23.3. The number of nitriles is 1. The number of hydrogen-bond donors (Lipinski definition) is 1. The average molecular weight is 454 g/mol. The van der Waals surface area contributed by atoms with E-state index in [1.165, 1.54) is 38.5 Å². The minimum Gasteiger partial charge on any atom is -0.493 e. The first kappa shape index (κ1) is 22.4. The molecule has 0 aliphatic carbocycles. The second-order valence-electron chi connectivity index (χ2n) is 6.32. The number of rotatable bonds is 7. The number of carbonyl (C=O) groups excluding carboxylic acids is 1. The van der Waals surface area contributed by atoms with E-state index in [-0.39, 0.29) is 22.0 Å². The van der Waals surface area contributed by atoms with Gasteiger partial charge in [0.05, 0.1) is 24.2 Å². The van der Waals surface area contributed by atoms with Gasteiger partial charge >= 0.3 is 0 Å². The van der Waals surface area contributed by atoms with Crippen molar-refractivity contribution in [3.8, 4) is 28.9 Å². The Labute approximate surface area is 187 Å². The standard InChI is InChI=1S/C22H16ClN3O6/c1-30-20-7-3-14(10-21(20)31-2)25-22(27)13(12-24)9-16-5-8-19(32-16)17-6-4-15(26(28)29)11-18(17)23/h3-11H,1-2H3,(H,25,27)/b13-9+. The molecule has 0 radical (unpaired) electrons. The number of nitrogens with zero attached hydrogens (tertiary/aromatic N) is 2. The molecule has 1 heterocycles. The summed E-state index contributed by atoms with van der Waals surface area (Å²) in [5.74, 6) is 0.825. The van der Waals surface area contributed by atoms with E-state index in [0.29, 0.717) is 28.5 Å². The highest BCUT2D eigenvalue weighted by atomic mass is 35.5. The van der Waals surface area contributed by atoms with Crippen LogP contribution in [0.25, 0.3) is 17.4 Å². The lowest BCUT2D eigenvalue weighted by Gasteiger charge is -2.10. The van der Waals surface area contributed by atoms with Crippen LogP contribution in [0.15, 0.2) is 58.5 Å². The number of non-ortho nitro benzene ring substituents is 1. The number of benzene rings is 2. The lowest BCUT2D eigenvalue weighted by Crippen LogP contribution is -2.13. The molecule has 0 aliphatic rings. The van der Waals surface area contributed by atoms with Crippen molar-refractivity contribution in [2.24, 2.45) is 0 Å². The minimum absolute atomic E-state index is 0.135. The van der Waals surface area contributed by atoms with E-state index in [0.717, 1.165) is 0 Å². The number of nitro groups is 1. The molecule has 0 aliphatic heterocycles. The predicted molar refractivity (Wildman–Crippen MR) is 118 cm³/mol. The van der Waals surface area contributed by atoms with Crippen LogP contribution in [0, 0.1) is 21.4 Å². The number of carbonyl (C=O) groups is 1. The van der Waals surface area contributed by atoms with Gasteiger partial charge in [-0.25, -0.2) is 0 Å². The highest BCUT2D eigenvalue weighted by Crippen LogP contribution is 2.33. The fourth-order valence-electron chi connectivity index (χ4n) is 2.80. The van der Waals surface area contributed by atoms with E-state index >= 15 is 0 Å². The van der Waals surface area contributed by atoms with Gasteiger partial charge < -0.3 is 19.2 Å². The van der Waals surface area contributed by atoms with Gasteiger partial charge in [0, 0.05) is 35.5 Å². The van der Waals surface area contributed by atoms with Crippen molar-refractivity contribution in [1.29, 1.82) is 5.26 Å². The number of methoxy groups -OCH3 is 2. The Bertz CT molecular complexity index is 1260. The molecule has 1 N–H and O–H groups in total. The molecule has 0 fully saturated rings. The third kappa shape index (κ3) is 4.88. The molecule has 10 heteroatoms. The molecule has 9 nitrogen and oxygen atoms in total. The quantitative estimate of drug-likeness (QED) is 0.229. The van der Waals surface area contributed by atoms with E-state index in [9.17, 15) is 20.2 Å². The maximum Gasteiger partial charge on any atom is 0.270 e. The lowest BCUT2D eigenvalue weighted by atomic mass is 10.1. The number of anilines is 1. The Kier molecular flexibility index (Phi) is 6.77. The Morgan fingerprint density at radius 3 is 2.53 bits per heavy atom. The van der Waals surface area contributed by atoms with Crippen LogP contribution in [-0.2, 0) is 4.79 Å². The Hall–Kier alpha value is -4.29. The number of nitro benzene ring substituents is 1. The van der Waals surface area contributed by atoms with Gasteiger partial charge in [-0.3, -0.25) is 14.9 Å². The fraction of sp³-hybridized carbons (Fsp3) is 0.0909. The van der Waals surface area contributed by atoms with E-state index in [2.05, 4.69) is 5.32 Å². The van der Waals surface area contributed by atoms with Crippen LogP contribution in [-0.4, -0.2) is 25.1 Å². The van der Waals surface area contributed by atoms with Crippen molar-refractivity contribution in [2.75, 3.05) is 19.5 Å². The normalized spacial score (nSPS) is 10.9. The molecule has 32 heavy (non-hydrogen) atoms. The minimum atomic E-state index is -0.647. The average Bonchev–Trinajstić information content (AvgIpc) is 3.25. The molecule has 3 aromatic rings. The maximum absolute atomic E-state index is 12.5. The molecule has 0 saturated carbocycles. The van der Waals surface area contributed by atoms with Gasteiger partial charge in [0.25, 0.3) is 11.6 Å². The summed E-state index contributed by atoms with van der Waals surface area (Å²) < 4.78 is 16.0. The highest BCUT2D eigenvalue weighted by molar-refractivity contribution is 6.33. The third-order valence-corrected chi connectivity index (χ3v) is 4.66. The number of halogens is 1. The Morgan fingerprint density at radius 1 is 1.16 bits per heavy atom. The summed E-state index contributed by atoms with van der Waals surface area (Å²) in [5, 5.41) is 23.0. The largest absolute Gasteiger partial charge is 0.493 e. The zero-order valence-corrected chi connectivity index (χ0v) is 17.7. The van der Waals surface area contributed by atoms with Gasteiger partial charge in [-0.1, -0.05) is 11.6 Å². The summed E-state index contributed by atoms with van der Waals surface area (Å²) >= 11 is 6.12. The van der Waals surface area contributed by atoms with Crippen LogP contribution in [0.2, 0.25) is 5.02 Å². The molecule has 162 valence electrons. The summed E-state index contributed by atoms with van der Waals surface area (Å²) in [4.78, 5) is 22.8. The molecular formula is C22H16ClN3O6. The number of nitrogens with one attached hydrogen (secondary N) is 1. The summed E-state index contributed by atoms with van der Waals surface area (Å²) in [6, 6.07) is 13.7. The maximum atomic E-state index is 12.5. The van der Waals surface area contributed by atoms with Crippen LogP contribution in [0.3, 0.4) is 0 Å². The van der Waals surface area contributed by atoms with Gasteiger partial charge in [-0.15, -0.1) is 0 Å². The van der Waals surface area contributed by atoms with Crippen LogP contribution in [0.4, 0.5) is 11.4 Å². The SMILES string of the molecule is COc1ccc(NC(=O)/C(C#N)=C/c2ccc(-c3ccc([N+](=O)[O-])cc3Cl)o2)cc1OC. The number of furan rings is 1. The lowest BCUT2D eigenvalue weighted by molar-refractivity contribution is -0.384. The molecule has 3 rings (SSSR count). The van der Waals surface area contributed by atoms with E-state index in [4.69, 9.17) is 25.5 Å². The van der Waals surface area contributed by atoms with Crippen molar-refractivity contribution in [2.45, 2.75) is 0 Å². The van der Waals surface area contributed by atoms with Crippen molar-refractivity contribution in [3.63, 3.8) is 0 Å². The van der Waals surface area contributed by atoms with Crippen molar-refractivity contribution >= 4 is 35.0 Å². The van der Waals surface area contributed by atoms with Crippen molar-refractivity contribution in [1.82, 2.24) is 0 Å². The molecule has 2 aromatic carbocycles. The molecule has 1 aromatic heterocycles. The van der Waals surface area contributed by atoms with Crippen LogP contribution < -0.4 is 14.8 Å². The number of ether oxygens (including phenoxy) is 2. The van der Waals surface area contributed by atoms with Crippen LogP contribution in [0.1, 0.15) is 5.76 Å². The molecule has 0 saturated heterocycles. The van der Waals surface area contributed by atoms with Crippen molar-refractivity contribution in [3.05, 3.63) is 75.0 Å². The van der Waals surface area contributed by atoms with Gasteiger partial charge in [-0.2, -0.15) is 5.26 Å². The highest BCUT2D eigenvalue weighted by Gasteiger charge is 2.15. The van der Waals surface area contributed by atoms with Crippen LogP contribution >= 0.6 is 11.6 Å². The summed E-state index contributed by atoms with van der Waals surface area (Å²) in [7, 11) is 2.96. The van der Waals surface area contributed by atoms with E-state index in [1.807, 2.05) is 6.07 Å². The second kappa shape index (κ2) is 9.68. The topological polar surface area (TPSA) is 128 Å². The molecule has 0 atom stereocenters. The Morgan fingerprint density at radius 2 is 1.91 bits per heavy atom. The molecule has 0 bridgehead atoms. The molecule has 1 amide bonds. The third-order valence-electron chi connectivity index (χ3n) is 4.35. The van der Waals surface area contributed by atoms with Gasteiger partial charge in [0.1, 0.15) is 23.2 Å². The summed E-state index contributed by atoms with van der Waals surface area (Å²) in [5.41, 5.74) is 0.497. The summed E-state index contributed by atoms with van der Waals surface area (Å²) in [6.07, 6.45) is 1.28. The number of hydrogen-bond acceptors (Lipinski definition) is 7. The molecular weight excluding hydrogens is 438 g/mol. The van der Waals surface area contributed by atoms with Gasteiger partial charge in [0.15, 0.2) is 11.5 Å². The first-order valence-electron chi connectivity index (χ1n) is 9.05. The monoisotopic (exact) mass is 453 g/mol. The predicted octanol–water partition coefficient (Wildman–Crippen LogP) is 5.07. The van der Waals surface area contributed by atoms with E-state index < -0.39 is 10.8 Å². The molecule has 0 spiro atoms. The van der Waals surface area contributed by atoms with E-state index in [1.54, 1.807) is 30.3 Å². The Balaban J connectivity index is 1.82. The van der Waals surface area contributed by atoms with Gasteiger partial charge in [-0.05, 0) is 30.3 Å². The first-order chi connectivity index (χ1) is 15.4. The van der Waals surface area contributed by atoms with Gasteiger partial charge in [0.2, 0.25) is 0 Å². The first-order valence-corrected chi connectivity index (χ1v) is 9.43. The number of amides is 1. The summed E-state index contributed by atoms with van der Waals surface area (Å²) in [6.45, 7) is 0.